The molecule has 0 saturated carbocycles. The molecule has 4 heteroatoms. The molecule has 3 nitrogen and oxygen atoms in total. The number of hydrogen-bond acceptors (Lipinski definition) is 3. The Morgan fingerprint density at radius 3 is 2.53 bits per heavy atom. The minimum Gasteiger partial charge on any atom is -0.368 e. The van der Waals surface area contributed by atoms with Crippen molar-refractivity contribution in [3.8, 4) is 0 Å². The maximum atomic E-state index is 10.9. The van der Waals surface area contributed by atoms with Crippen molar-refractivity contribution in [1.29, 1.82) is 0 Å². The van der Waals surface area contributed by atoms with Crippen LogP contribution < -0.4 is 11.1 Å². The number of carbonyl (C=O) groups is 1. The number of nitrogens with two attached hydrogens (primary N) is 1. The molecule has 15 heavy (non-hydrogen) atoms. The smallest absolute Gasteiger partial charge is 0.234 e. The van der Waals surface area contributed by atoms with Crippen LogP contribution in [0, 0.1) is 0 Å². The zero-order valence-electron chi connectivity index (χ0n) is 9.88. The van der Waals surface area contributed by atoms with Crippen molar-refractivity contribution in [3.05, 3.63) is 11.5 Å². The van der Waals surface area contributed by atoms with E-state index in [1.54, 1.807) is 18.7 Å². The summed E-state index contributed by atoms with van der Waals surface area (Å²) in [5, 5.41) is 3.21. The first kappa shape index (κ1) is 14.5. The van der Waals surface area contributed by atoms with Crippen molar-refractivity contribution in [2.75, 3.05) is 5.75 Å². The predicted octanol–water partition coefficient (Wildman–Crippen LogP) is 1.89. The fourth-order valence-corrected chi connectivity index (χ4v) is 2.05. The SMILES string of the molecule is C=C(SCC)C(CCC)NC(C)C(N)=O. The summed E-state index contributed by atoms with van der Waals surface area (Å²) in [6.07, 6.45) is 2.05. The highest BCUT2D eigenvalue weighted by Gasteiger charge is 2.17. The summed E-state index contributed by atoms with van der Waals surface area (Å²) >= 11 is 1.72. The van der Waals surface area contributed by atoms with Crippen molar-refractivity contribution in [2.45, 2.75) is 45.7 Å². The number of rotatable bonds is 8. The summed E-state index contributed by atoms with van der Waals surface area (Å²) in [6.45, 7) is 10.0. The van der Waals surface area contributed by atoms with Gasteiger partial charge in [0.05, 0.1) is 6.04 Å². The monoisotopic (exact) mass is 230 g/mol. The number of carbonyl (C=O) groups excluding carboxylic acids is 1. The summed E-state index contributed by atoms with van der Waals surface area (Å²) in [5.41, 5.74) is 5.22. The highest BCUT2D eigenvalue weighted by atomic mass is 32.2. The molecule has 2 unspecified atom stereocenters. The van der Waals surface area contributed by atoms with E-state index in [0.29, 0.717) is 0 Å². The van der Waals surface area contributed by atoms with Gasteiger partial charge in [-0.3, -0.25) is 10.1 Å². The molecule has 0 radical (unpaired) electrons. The second kappa shape index (κ2) is 7.77. The van der Waals surface area contributed by atoms with E-state index >= 15 is 0 Å². The van der Waals surface area contributed by atoms with Gasteiger partial charge in [0, 0.05) is 6.04 Å². The van der Waals surface area contributed by atoms with Gasteiger partial charge in [0.2, 0.25) is 5.91 Å². The lowest BCUT2D eigenvalue weighted by molar-refractivity contribution is -0.119. The Balaban J connectivity index is 4.25. The molecule has 0 aliphatic rings. The lowest BCUT2D eigenvalue weighted by Gasteiger charge is -2.22. The van der Waals surface area contributed by atoms with Crippen molar-refractivity contribution in [3.63, 3.8) is 0 Å². The summed E-state index contributed by atoms with van der Waals surface area (Å²) < 4.78 is 0. The van der Waals surface area contributed by atoms with Gasteiger partial charge in [0.25, 0.3) is 0 Å². The maximum Gasteiger partial charge on any atom is 0.234 e. The molecule has 88 valence electrons. The van der Waals surface area contributed by atoms with E-state index in [0.717, 1.165) is 23.5 Å². The second-order valence-electron chi connectivity index (χ2n) is 3.53. The molecule has 0 aliphatic carbocycles. The predicted molar refractivity (Wildman–Crippen MR) is 67.8 cm³/mol. The van der Waals surface area contributed by atoms with Crippen molar-refractivity contribution in [2.24, 2.45) is 5.73 Å². The molecule has 0 fully saturated rings. The molecule has 0 heterocycles. The molecule has 0 aliphatic heterocycles. The van der Waals surface area contributed by atoms with Crippen LogP contribution in [0.15, 0.2) is 11.5 Å². The van der Waals surface area contributed by atoms with E-state index < -0.39 is 0 Å². The van der Waals surface area contributed by atoms with Crippen LogP contribution >= 0.6 is 11.8 Å². The van der Waals surface area contributed by atoms with Crippen molar-refractivity contribution in [1.82, 2.24) is 5.32 Å². The van der Waals surface area contributed by atoms with Gasteiger partial charge < -0.3 is 5.73 Å². The van der Waals surface area contributed by atoms with E-state index in [9.17, 15) is 4.79 Å². The summed E-state index contributed by atoms with van der Waals surface area (Å²) in [4.78, 5) is 12.0. The molecule has 0 rings (SSSR count). The first-order chi connectivity index (χ1) is 7.02. The average Bonchev–Trinajstić information content (AvgIpc) is 2.17. The van der Waals surface area contributed by atoms with Gasteiger partial charge in [0.15, 0.2) is 0 Å². The standard InChI is InChI=1S/C11H22N2OS/c1-5-7-10(9(4)15-6-2)13-8(3)11(12)14/h8,10,13H,4-7H2,1-3H3,(H2,12,14). The van der Waals surface area contributed by atoms with E-state index in [4.69, 9.17) is 5.73 Å². The molecule has 0 bridgehead atoms. The number of thioether (sulfide) groups is 1. The number of amides is 1. The van der Waals surface area contributed by atoms with E-state index in [1.807, 2.05) is 0 Å². The highest BCUT2D eigenvalue weighted by Crippen LogP contribution is 2.20. The number of primary amides is 1. The average molecular weight is 230 g/mol. The van der Waals surface area contributed by atoms with Gasteiger partial charge in [0.1, 0.15) is 0 Å². The van der Waals surface area contributed by atoms with Gasteiger partial charge in [-0.15, -0.1) is 11.8 Å². The molecule has 0 aromatic rings. The van der Waals surface area contributed by atoms with Crippen molar-refractivity contribution >= 4 is 17.7 Å². The Kier molecular flexibility index (Phi) is 7.52. The van der Waals surface area contributed by atoms with Crippen LogP contribution in [0.2, 0.25) is 0 Å². The van der Waals surface area contributed by atoms with Gasteiger partial charge in [-0.1, -0.05) is 26.8 Å². The third kappa shape index (κ3) is 5.85. The topological polar surface area (TPSA) is 55.1 Å². The van der Waals surface area contributed by atoms with Gasteiger partial charge in [-0.25, -0.2) is 0 Å². The van der Waals surface area contributed by atoms with E-state index in [-0.39, 0.29) is 18.0 Å². The van der Waals surface area contributed by atoms with Gasteiger partial charge in [-0.2, -0.15) is 0 Å². The lowest BCUT2D eigenvalue weighted by atomic mass is 10.1. The first-order valence-corrected chi connectivity index (χ1v) is 6.38. The lowest BCUT2D eigenvalue weighted by Crippen LogP contribution is -2.44. The zero-order chi connectivity index (χ0) is 11.8. The molecule has 0 spiro atoms. The summed E-state index contributed by atoms with van der Waals surface area (Å²) in [6, 6.07) is -0.113. The number of nitrogens with one attached hydrogen (secondary N) is 1. The Morgan fingerprint density at radius 2 is 2.13 bits per heavy atom. The van der Waals surface area contributed by atoms with Crippen molar-refractivity contribution < 1.29 is 4.79 Å². The van der Waals surface area contributed by atoms with Crippen LogP contribution in [-0.2, 0) is 4.79 Å². The molecule has 3 N–H and O–H groups in total. The quantitative estimate of drug-likeness (QED) is 0.669. The van der Waals surface area contributed by atoms with Gasteiger partial charge in [-0.05, 0) is 24.0 Å². The van der Waals surface area contributed by atoms with E-state index in [1.165, 1.54) is 0 Å². The molecule has 1 amide bonds. The third-order valence-corrected chi connectivity index (χ3v) is 3.12. The minimum atomic E-state index is -0.314. The summed E-state index contributed by atoms with van der Waals surface area (Å²) in [5.74, 6) is 0.691. The minimum absolute atomic E-state index is 0.183. The normalized spacial score (nSPS) is 14.6. The Labute approximate surface area is 96.9 Å². The zero-order valence-corrected chi connectivity index (χ0v) is 10.7. The van der Waals surface area contributed by atoms with E-state index in [2.05, 4.69) is 25.7 Å². The third-order valence-electron chi connectivity index (χ3n) is 2.17. The fourth-order valence-electron chi connectivity index (χ4n) is 1.30. The van der Waals surface area contributed by atoms with Gasteiger partial charge >= 0.3 is 0 Å². The van der Waals surface area contributed by atoms with Crippen LogP contribution in [0.1, 0.15) is 33.6 Å². The Morgan fingerprint density at radius 1 is 1.53 bits per heavy atom. The molecular weight excluding hydrogens is 208 g/mol. The molecule has 0 aromatic carbocycles. The molecule has 0 aromatic heterocycles. The Hall–Kier alpha value is -0.480. The maximum absolute atomic E-state index is 10.9. The number of hydrogen-bond donors (Lipinski definition) is 2. The van der Waals surface area contributed by atoms with Crippen LogP contribution in [0.4, 0.5) is 0 Å². The second-order valence-corrected chi connectivity index (χ2v) is 4.92. The molecular formula is C11H22N2OS. The van der Waals surface area contributed by atoms with Crippen LogP contribution in [0.5, 0.6) is 0 Å². The molecule has 0 saturated heterocycles. The molecule has 2 atom stereocenters. The first-order valence-electron chi connectivity index (χ1n) is 5.39. The summed E-state index contributed by atoms with van der Waals surface area (Å²) in [7, 11) is 0. The fraction of sp³-hybridized carbons (Fsp3) is 0.727. The largest absolute Gasteiger partial charge is 0.368 e. The Bertz CT molecular complexity index is 219. The van der Waals surface area contributed by atoms with Crippen LogP contribution in [-0.4, -0.2) is 23.7 Å². The van der Waals surface area contributed by atoms with Crippen LogP contribution in [0.3, 0.4) is 0 Å². The van der Waals surface area contributed by atoms with Crippen LogP contribution in [0.25, 0.3) is 0 Å². The highest BCUT2D eigenvalue weighted by molar-refractivity contribution is 8.03.